The molecule has 2 N–H and O–H groups in total. The van der Waals surface area contributed by atoms with Crippen molar-refractivity contribution in [2.75, 3.05) is 11.1 Å². The lowest BCUT2D eigenvalue weighted by molar-refractivity contribution is -0.117. The molecule has 0 saturated carbocycles. The molecule has 106 valence electrons. The summed E-state index contributed by atoms with van der Waals surface area (Å²) < 4.78 is 0. The molecule has 0 radical (unpaired) electrons. The molecule has 1 atom stereocenters. The molecule has 1 aromatic heterocycles. The van der Waals surface area contributed by atoms with Gasteiger partial charge >= 0.3 is 5.97 Å². The first kappa shape index (κ1) is 13.6. The molecule has 6 heteroatoms. The summed E-state index contributed by atoms with van der Waals surface area (Å²) in [6, 6.07) is 9.13. The second kappa shape index (κ2) is 5.57. The average molecular weight is 300 g/mol. The molecule has 1 unspecified atom stereocenters. The first-order valence-corrected chi connectivity index (χ1v) is 7.35. The lowest BCUT2D eigenvalue weighted by Crippen LogP contribution is -2.22. The molecule has 3 rings (SSSR count). The number of amides is 1. The molecule has 0 bridgehead atoms. The lowest BCUT2D eigenvalue weighted by atomic mass is 10.0. The average Bonchev–Trinajstić information content (AvgIpc) is 2.91. The molecule has 1 aromatic carbocycles. The smallest absolute Gasteiger partial charge is 0.337 e. The van der Waals surface area contributed by atoms with E-state index in [0.717, 1.165) is 10.5 Å². The van der Waals surface area contributed by atoms with Crippen molar-refractivity contribution >= 4 is 29.3 Å². The minimum atomic E-state index is -1.09. The summed E-state index contributed by atoms with van der Waals surface area (Å²) in [7, 11) is 0. The fraction of sp³-hybridized carbons (Fsp3) is 0.133. The van der Waals surface area contributed by atoms with Gasteiger partial charge in [-0.3, -0.25) is 9.78 Å². The predicted octanol–water partition coefficient (Wildman–Crippen LogP) is 2.61. The van der Waals surface area contributed by atoms with Gasteiger partial charge in [0.25, 0.3) is 0 Å². The van der Waals surface area contributed by atoms with Crippen LogP contribution in [0.5, 0.6) is 0 Å². The molecule has 5 nitrogen and oxygen atoms in total. The van der Waals surface area contributed by atoms with E-state index in [0.29, 0.717) is 5.75 Å². The van der Waals surface area contributed by atoms with E-state index in [2.05, 4.69) is 10.3 Å². The van der Waals surface area contributed by atoms with Crippen molar-refractivity contribution in [3.63, 3.8) is 0 Å². The van der Waals surface area contributed by atoms with E-state index in [1.807, 2.05) is 24.3 Å². The Morgan fingerprint density at radius 3 is 2.90 bits per heavy atom. The quantitative estimate of drug-likeness (QED) is 0.911. The van der Waals surface area contributed by atoms with Crippen LogP contribution in [-0.2, 0) is 4.79 Å². The Hall–Kier alpha value is -2.34. The number of aromatic nitrogens is 1. The van der Waals surface area contributed by atoms with Gasteiger partial charge in [-0.1, -0.05) is 18.2 Å². The Kier molecular flexibility index (Phi) is 3.62. The van der Waals surface area contributed by atoms with Crippen LogP contribution >= 0.6 is 11.8 Å². The number of fused-ring (bicyclic) bond motifs is 1. The Bertz CT molecular complexity index is 718. The third-order valence-electron chi connectivity index (χ3n) is 3.33. The van der Waals surface area contributed by atoms with Gasteiger partial charge in [-0.05, 0) is 17.7 Å². The fourth-order valence-electron chi connectivity index (χ4n) is 2.28. The maximum Gasteiger partial charge on any atom is 0.337 e. The van der Waals surface area contributed by atoms with Crippen LogP contribution in [0.1, 0.15) is 21.8 Å². The number of aromatic carboxylic acids is 1. The van der Waals surface area contributed by atoms with E-state index in [1.54, 1.807) is 11.8 Å². The molecule has 1 aliphatic rings. The zero-order chi connectivity index (χ0) is 14.8. The predicted molar refractivity (Wildman–Crippen MR) is 79.7 cm³/mol. The van der Waals surface area contributed by atoms with Crippen molar-refractivity contribution in [2.24, 2.45) is 0 Å². The number of hydrogen-bond acceptors (Lipinski definition) is 4. The van der Waals surface area contributed by atoms with Crippen molar-refractivity contribution in [1.82, 2.24) is 4.98 Å². The summed E-state index contributed by atoms with van der Waals surface area (Å²) >= 11 is 1.63. The Morgan fingerprint density at radius 1 is 1.29 bits per heavy atom. The Morgan fingerprint density at radius 2 is 2.10 bits per heavy atom. The number of thioether (sulfide) groups is 1. The number of nitrogens with zero attached hydrogens (tertiary/aromatic N) is 1. The van der Waals surface area contributed by atoms with E-state index in [-0.39, 0.29) is 23.1 Å². The maximum atomic E-state index is 12.4. The number of pyridine rings is 1. The van der Waals surface area contributed by atoms with Crippen LogP contribution in [0.15, 0.2) is 47.6 Å². The normalized spacial score (nSPS) is 16.3. The van der Waals surface area contributed by atoms with Gasteiger partial charge < -0.3 is 10.4 Å². The highest BCUT2D eigenvalue weighted by atomic mass is 32.2. The number of carboxylic acid groups (broad SMARTS) is 1. The van der Waals surface area contributed by atoms with Gasteiger partial charge in [-0.2, -0.15) is 0 Å². The molecule has 1 amide bonds. The molecule has 21 heavy (non-hydrogen) atoms. The summed E-state index contributed by atoms with van der Waals surface area (Å²) in [5.74, 6) is -0.904. The van der Waals surface area contributed by atoms with E-state index in [1.165, 1.54) is 18.5 Å². The molecular formula is C15H12N2O3S. The van der Waals surface area contributed by atoms with Gasteiger partial charge in [0.2, 0.25) is 5.91 Å². The van der Waals surface area contributed by atoms with Crippen molar-refractivity contribution in [3.8, 4) is 0 Å². The number of carbonyl (C=O) groups is 2. The van der Waals surface area contributed by atoms with E-state index in [4.69, 9.17) is 5.11 Å². The van der Waals surface area contributed by atoms with Crippen LogP contribution in [0.25, 0.3) is 0 Å². The summed E-state index contributed by atoms with van der Waals surface area (Å²) in [6.45, 7) is 0. The largest absolute Gasteiger partial charge is 0.478 e. The van der Waals surface area contributed by atoms with Crippen LogP contribution in [0.2, 0.25) is 0 Å². The van der Waals surface area contributed by atoms with Crippen LogP contribution in [0.3, 0.4) is 0 Å². The minimum Gasteiger partial charge on any atom is -0.478 e. The van der Waals surface area contributed by atoms with Crippen LogP contribution in [-0.4, -0.2) is 27.7 Å². The number of carboxylic acids is 1. The van der Waals surface area contributed by atoms with Gasteiger partial charge in [0.05, 0.1) is 23.4 Å². The third-order valence-corrected chi connectivity index (χ3v) is 4.51. The Labute approximate surface area is 125 Å². The summed E-state index contributed by atoms with van der Waals surface area (Å²) in [4.78, 5) is 28.5. The zero-order valence-electron chi connectivity index (χ0n) is 10.9. The summed E-state index contributed by atoms with van der Waals surface area (Å²) in [6.07, 6.45) is 2.75. The third kappa shape index (κ3) is 2.62. The molecule has 2 heterocycles. The van der Waals surface area contributed by atoms with Crippen LogP contribution in [0.4, 0.5) is 5.69 Å². The van der Waals surface area contributed by atoms with E-state index < -0.39 is 5.97 Å². The minimum absolute atomic E-state index is 0.0392. The molecule has 0 saturated heterocycles. The molecule has 2 aromatic rings. The topological polar surface area (TPSA) is 79.3 Å². The van der Waals surface area contributed by atoms with Gasteiger partial charge in [-0.25, -0.2) is 4.79 Å². The Balaban J connectivity index is 1.84. The summed E-state index contributed by atoms with van der Waals surface area (Å²) in [5.41, 5.74) is 1.25. The highest BCUT2D eigenvalue weighted by Gasteiger charge is 2.29. The molecular weight excluding hydrogens is 288 g/mol. The van der Waals surface area contributed by atoms with Gasteiger partial charge in [0.1, 0.15) is 0 Å². The standard InChI is InChI=1S/C15H12N2O3S/c18-14(11-8-21-13-4-2-1-3-9(11)13)17-12-7-16-6-5-10(12)15(19)20/h1-7,11H,8H2,(H,17,18)(H,19,20). The summed E-state index contributed by atoms with van der Waals surface area (Å²) in [5, 5.41) is 11.8. The molecule has 0 fully saturated rings. The van der Waals surface area contributed by atoms with E-state index >= 15 is 0 Å². The highest BCUT2D eigenvalue weighted by molar-refractivity contribution is 7.99. The fourth-order valence-corrected chi connectivity index (χ4v) is 3.51. The monoisotopic (exact) mass is 300 g/mol. The number of nitrogens with one attached hydrogen (secondary N) is 1. The van der Waals surface area contributed by atoms with Crippen molar-refractivity contribution in [1.29, 1.82) is 0 Å². The molecule has 0 spiro atoms. The number of anilines is 1. The number of hydrogen-bond donors (Lipinski definition) is 2. The number of carbonyl (C=O) groups excluding carboxylic acids is 1. The number of benzene rings is 1. The SMILES string of the molecule is O=C(O)c1ccncc1NC(=O)C1CSc2ccccc21. The highest BCUT2D eigenvalue weighted by Crippen LogP contribution is 2.39. The second-order valence-electron chi connectivity index (χ2n) is 4.62. The second-order valence-corrected chi connectivity index (χ2v) is 5.68. The van der Waals surface area contributed by atoms with Crippen molar-refractivity contribution in [2.45, 2.75) is 10.8 Å². The van der Waals surface area contributed by atoms with Crippen LogP contribution < -0.4 is 5.32 Å². The molecule has 0 aliphatic carbocycles. The molecule has 1 aliphatic heterocycles. The maximum absolute atomic E-state index is 12.4. The first-order chi connectivity index (χ1) is 10.2. The van der Waals surface area contributed by atoms with Gasteiger partial charge in [-0.15, -0.1) is 11.8 Å². The van der Waals surface area contributed by atoms with E-state index in [9.17, 15) is 9.59 Å². The number of rotatable bonds is 3. The van der Waals surface area contributed by atoms with Gasteiger partial charge in [0, 0.05) is 16.8 Å². The van der Waals surface area contributed by atoms with Crippen LogP contribution in [0, 0.1) is 0 Å². The van der Waals surface area contributed by atoms with Crippen molar-refractivity contribution < 1.29 is 14.7 Å². The van der Waals surface area contributed by atoms with Gasteiger partial charge in [0.15, 0.2) is 0 Å². The first-order valence-electron chi connectivity index (χ1n) is 6.36. The lowest BCUT2D eigenvalue weighted by Gasteiger charge is -2.12. The zero-order valence-corrected chi connectivity index (χ0v) is 11.8. The van der Waals surface area contributed by atoms with Crippen molar-refractivity contribution in [3.05, 3.63) is 53.9 Å².